The Labute approximate surface area is 129 Å². The molecule has 0 amide bonds. The molecule has 0 aliphatic rings. The second-order valence-corrected chi connectivity index (χ2v) is 7.28. The van der Waals surface area contributed by atoms with Gasteiger partial charge in [-0.05, 0) is 46.3 Å². The fourth-order valence-electron chi connectivity index (χ4n) is 2.18. The van der Waals surface area contributed by atoms with Gasteiger partial charge in [-0.1, -0.05) is 12.1 Å². The Bertz CT molecular complexity index is 944. The molecule has 106 valence electrons. The van der Waals surface area contributed by atoms with Gasteiger partial charge in [0, 0.05) is 27.1 Å². The molecule has 0 bridgehead atoms. The minimum Gasteiger partial charge on any atom is -0.360 e. The van der Waals surface area contributed by atoms with Crippen molar-refractivity contribution in [2.45, 2.75) is 9.79 Å². The molecule has 2 aromatic carbocycles. The van der Waals surface area contributed by atoms with Crippen LogP contribution in [0.25, 0.3) is 10.9 Å². The van der Waals surface area contributed by atoms with E-state index in [1.807, 2.05) is 0 Å². The summed E-state index contributed by atoms with van der Waals surface area (Å²) in [5.74, 6) is 0. The van der Waals surface area contributed by atoms with E-state index in [1.165, 1.54) is 12.1 Å². The number of aldehydes is 1. The molecule has 3 rings (SSSR count). The SMILES string of the molecule is O=Cc1c[nH]c2ccc(S(=O)(=O)c3ccccc3Br)cc12. The van der Waals surface area contributed by atoms with Gasteiger partial charge in [0.2, 0.25) is 9.84 Å². The minimum absolute atomic E-state index is 0.157. The van der Waals surface area contributed by atoms with Crippen molar-refractivity contribution < 1.29 is 13.2 Å². The Morgan fingerprint density at radius 3 is 2.57 bits per heavy atom. The lowest BCUT2D eigenvalue weighted by Crippen LogP contribution is -2.02. The zero-order valence-electron chi connectivity index (χ0n) is 10.7. The van der Waals surface area contributed by atoms with Crippen LogP contribution in [-0.2, 0) is 9.84 Å². The van der Waals surface area contributed by atoms with Crippen molar-refractivity contribution in [1.82, 2.24) is 4.98 Å². The van der Waals surface area contributed by atoms with E-state index in [4.69, 9.17) is 0 Å². The van der Waals surface area contributed by atoms with Crippen LogP contribution in [0.3, 0.4) is 0 Å². The number of sulfone groups is 1. The standard InChI is InChI=1S/C15H10BrNO3S/c16-13-3-1-2-4-15(13)21(19,20)11-5-6-14-12(7-11)10(9-18)8-17-14/h1-9,17H. The van der Waals surface area contributed by atoms with Crippen LogP contribution in [0.2, 0.25) is 0 Å². The number of fused-ring (bicyclic) bond motifs is 1. The van der Waals surface area contributed by atoms with Crippen molar-refractivity contribution in [2.75, 3.05) is 0 Å². The minimum atomic E-state index is -3.64. The average Bonchev–Trinajstić information content (AvgIpc) is 2.89. The van der Waals surface area contributed by atoms with E-state index >= 15 is 0 Å². The van der Waals surface area contributed by atoms with Gasteiger partial charge in [0.25, 0.3) is 0 Å². The topological polar surface area (TPSA) is 67.0 Å². The lowest BCUT2D eigenvalue weighted by Gasteiger charge is -2.07. The number of carbonyl (C=O) groups excluding carboxylic acids is 1. The number of nitrogens with one attached hydrogen (secondary N) is 1. The summed E-state index contributed by atoms with van der Waals surface area (Å²) in [6, 6.07) is 11.4. The zero-order chi connectivity index (χ0) is 15.0. The lowest BCUT2D eigenvalue weighted by atomic mass is 10.2. The molecule has 0 aliphatic heterocycles. The summed E-state index contributed by atoms with van der Waals surface area (Å²) in [6.45, 7) is 0. The number of rotatable bonds is 3. The fraction of sp³-hybridized carbons (Fsp3) is 0. The van der Waals surface area contributed by atoms with E-state index in [0.717, 1.165) is 5.52 Å². The first-order chi connectivity index (χ1) is 10.0. The predicted molar refractivity (Wildman–Crippen MR) is 83.3 cm³/mol. The molecule has 4 nitrogen and oxygen atoms in total. The van der Waals surface area contributed by atoms with Gasteiger partial charge < -0.3 is 4.98 Å². The Morgan fingerprint density at radius 2 is 1.86 bits per heavy atom. The summed E-state index contributed by atoms with van der Waals surface area (Å²) >= 11 is 3.26. The fourth-order valence-corrected chi connectivity index (χ4v) is 4.46. The molecule has 1 N–H and O–H groups in total. The van der Waals surface area contributed by atoms with E-state index in [-0.39, 0.29) is 9.79 Å². The average molecular weight is 364 g/mol. The quantitative estimate of drug-likeness (QED) is 0.723. The Balaban J connectivity index is 2.24. The first kappa shape index (κ1) is 14.0. The molecule has 3 aromatic rings. The highest BCUT2D eigenvalue weighted by atomic mass is 79.9. The largest absolute Gasteiger partial charge is 0.360 e. The number of H-pyrrole nitrogens is 1. The number of aromatic amines is 1. The van der Waals surface area contributed by atoms with Crippen LogP contribution in [-0.4, -0.2) is 19.7 Å². The van der Waals surface area contributed by atoms with Gasteiger partial charge in [-0.15, -0.1) is 0 Å². The van der Waals surface area contributed by atoms with Crippen LogP contribution in [0.5, 0.6) is 0 Å². The maximum atomic E-state index is 12.7. The number of hydrogen-bond acceptors (Lipinski definition) is 3. The van der Waals surface area contributed by atoms with Gasteiger partial charge in [0.15, 0.2) is 6.29 Å². The molecule has 0 spiro atoms. The van der Waals surface area contributed by atoms with Crippen molar-refractivity contribution in [1.29, 1.82) is 0 Å². The molecular formula is C15H10BrNO3S. The molecule has 0 fully saturated rings. The van der Waals surface area contributed by atoms with Crippen molar-refractivity contribution in [3.05, 3.63) is 58.7 Å². The number of hydrogen-bond donors (Lipinski definition) is 1. The molecule has 6 heteroatoms. The summed E-state index contributed by atoms with van der Waals surface area (Å²) in [6.07, 6.45) is 2.26. The normalized spacial score (nSPS) is 11.7. The van der Waals surface area contributed by atoms with Crippen LogP contribution in [0, 0.1) is 0 Å². The second-order valence-electron chi connectivity index (χ2n) is 4.50. The number of aromatic nitrogens is 1. The Morgan fingerprint density at radius 1 is 1.10 bits per heavy atom. The monoisotopic (exact) mass is 363 g/mol. The highest BCUT2D eigenvalue weighted by Gasteiger charge is 2.21. The van der Waals surface area contributed by atoms with Crippen LogP contribution < -0.4 is 0 Å². The number of carbonyl (C=O) groups is 1. The first-order valence-corrected chi connectivity index (χ1v) is 8.37. The molecule has 0 radical (unpaired) electrons. The van der Waals surface area contributed by atoms with Gasteiger partial charge in [0.05, 0.1) is 9.79 Å². The third-order valence-corrected chi connectivity index (χ3v) is 6.01. The molecular weight excluding hydrogens is 354 g/mol. The van der Waals surface area contributed by atoms with Gasteiger partial charge in [-0.2, -0.15) is 0 Å². The summed E-state index contributed by atoms with van der Waals surface area (Å²) in [4.78, 5) is 14.3. The van der Waals surface area contributed by atoms with Crippen molar-refractivity contribution in [2.24, 2.45) is 0 Å². The van der Waals surface area contributed by atoms with Crippen LogP contribution in [0.15, 0.2) is 62.9 Å². The highest BCUT2D eigenvalue weighted by Crippen LogP contribution is 2.29. The summed E-state index contributed by atoms with van der Waals surface area (Å²) < 4.78 is 25.9. The Hall–Kier alpha value is -1.92. The van der Waals surface area contributed by atoms with Gasteiger partial charge in [0.1, 0.15) is 0 Å². The first-order valence-electron chi connectivity index (χ1n) is 6.10. The van der Waals surface area contributed by atoms with Crippen molar-refractivity contribution >= 4 is 43.0 Å². The van der Waals surface area contributed by atoms with E-state index in [2.05, 4.69) is 20.9 Å². The summed E-state index contributed by atoms with van der Waals surface area (Å²) in [7, 11) is -3.64. The van der Waals surface area contributed by atoms with Crippen molar-refractivity contribution in [3.63, 3.8) is 0 Å². The van der Waals surface area contributed by atoms with Crippen molar-refractivity contribution in [3.8, 4) is 0 Å². The molecule has 1 heterocycles. The highest BCUT2D eigenvalue weighted by molar-refractivity contribution is 9.10. The van der Waals surface area contributed by atoms with Crippen LogP contribution in [0.4, 0.5) is 0 Å². The van der Waals surface area contributed by atoms with Gasteiger partial charge >= 0.3 is 0 Å². The van der Waals surface area contributed by atoms with E-state index in [9.17, 15) is 13.2 Å². The number of benzene rings is 2. The summed E-state index contributed by atoms with van der Waals surface area (Å²) in [5, 5.41) is 0.595. The zero-order valence-corrected chi connectivity index (χ0v) is 13.1. The second kappa shape index (κ2) is 5.13. The van der Waals surface area contributed by atoms with E-state index in [1.54, 1.807) is 36.5 Å². The number of halogens is 1. The van der Waals surface area contributed by atoms with E-state index < -0.39 is 9.84 Å². The maximum absolute atomic E-state index is 12.7. The molecule has 0 unspecified atom stereocenters. The lowest BCUT2D eigenvalue weighted by molar-refractivity contribution is 0.112. The van der Waals surface area contributed by atoms with Crippen LogP contribution >= 0.6 is 15.9 Å². The third-order valence-electron chi connectivity index (χ3n) is 3.25. The molecule has 21 heavy (non-hydrogen) atoms. The molecule has 1 aromatic heterocycles. The Kier molecular flexibility index (Phi) is 3.43. The molecule has 0 saturated carbocycles. The molecule has 0 atom stereocenters. The smallest absolute Gasteiger partial charge is 0.207 e. The van der Waals surface area contributed by atoms with Crippen LogP contribution in [0.1, 0.15) is 10.4 Å². The molecule has 0 saturated heterocycles. The van der Waals surface area contributed by atoms with E-state index in [0.29, 0.717) is 21.7 Å². The summed E-state index contributed by atoms with van der Waals surface area (Å²) in [5.41, 5.74) is 1.16. The predicted octanol–water partition coefficient (Wildman–Crippen LogP) is 3.58. The van der Waals surface area contributed by atoms with Gasteiger partial charge in [-0.3, -0.25) is 4.79 Å². The molecule has 0 aliphatic carbocycles. The maximum Gasteiger partial charge on any atom is 0.207 e. The van der Waals surface area contributed by atoms with Gasteiger partial charge in [-0.25, -0.2) is 8.42 Å². The third kappa shape index (κ3) is 2.30.